The number of nitrogens with zero attached hydrogens (tertiary/aromatic N) is 3. The molecule has 140 valence electrons. The number of benzene rings is 3. The number of aryl methyl sites for hydroxylation is 1. The largest absolute Gasteiger partial charge is 0.495 e. The second kappa shape index (κ2) is 7.52. The highest BCUT2D eigenvalue weighted by Gasteiger charge is 2.11. The van der Waals surface area contributed by atoms with Gasteiger partial charge in [-0.05, 0) is 54.4 Å². The zero-order valence-electron chi connectivity index (χ0n) is 15.7. The molecule has 1 aromatic heterocycles. The summed E-state index contributed by atoms with van der Waals surface area (Å²) in [5, 5.41) is 11.3. The highest BCUT2D eigenvalue weighted by atomic mass is 16.5. The van der Waals surface area contributed by atoms with E-state index < -0.39 is 0 Å². The summed E-state index contributed by atoms with van der Waals surface area (Å²) in [5.41, 5.74) is 5.18. The van der Waals surface area contributed by atoms with Crippen molar-refractivity contribution in [3.8, 4) is 5.75 Å². The predicted octanol–water partition coefficient (Wildman–Crippen LogP) is 4.05. The molecule has 6 nitrogen and oxygen atoms in total. The average Bonchev–Trinajstić information content (AvgIpc) is 3.12. The van der Waals surface area contributed by atoms with Crippen LogP contribution in [-0.4, -0.2) is 28.0 Å². The van der Waals surface area contributed by atoms with E-state index in [0.717, 1.165) is 22.2 Å². The minimum Gasteiger partial charge on any atom is -0.495 e. The molecular formula is C22H20N4O2. The smallest absolute Gasteiger partial charge is 0.255 e. The van der Waals surface area contributed by atoms with E-state index in [9.17, 15) is 4.79 Å². The summed E-state index contributed by atoms with van der Waals surface area (Å²) in [4.78, 5) is 12.6. The van der Waals surface area contributed by atoms with Crippen LogP contribution in [0.1, 0.15) is 21.5 Å². The number of rotatable bonds is 5. The van der Waals surface area contributed by atoms with Crippen molar-refractivity contribution in [3.63, 3.8) is 0 Å². The van der Waals surface area contributed by atoms with Gasteiger partial charge in [0.05, 0.1) is 24.9 Å². The molecule has 4 rings (SSSR count). The van der Waals surface area contributed by atoms with Gasteiger partial charge in [0.2, 0.25) is 0 Å². The molecule has 1 N–H and O–H groups in total. The Balaban J connectivity index is 1.50. The summed E-state index contributed by atoms with van der Waals surface area (Å²) in [6.45, 7) is 2.56. The number of carbonyl (C=O) groups is 1. The van der Waals surface area contributed by atoms with Gasteiger partial charge in [0.1, 0.15) is 11.3 Å². The van der Waals surface area contributed by atoms with Crippen LogP contribution in [-0.2, 0) is 6.54 Å². The Labute approximate surface area is 162 Å². The van der Waals surface area contributed by atoms with Gasteiger partial charge in [-0.2, -0.15) is 0 Å². The molecule has 4 aromatic rings. The summed E-state index contributed by atoms with van der Waals surface area (Å²) >= 11 is 0. The Hall–Kier alpha value is -3.67. The van der Waals surface area contributed by atoms with Crippen LogP contribution >= 0.6 is 0 Å². The fourth-order valence-electron chi connectivity index (χ4n) is 3.08. The minimum atomic E-state index is -0.179. The monoisotopic (exact) mass is 372 g/mol. The van der Waals surface area contributed by atoms with Gasteiger partial charge in [-0.25, -0.2) is 4.68 Å². The first-order valence-electron chi connectivity index (χ1n) is 8.97. The lowest BCUT2D eigenvalue weighted by Crippen LogP contribution is -2.13. The predicted molar refractivity (Wildman–Crippen MR) is 109 cm³/mol. The number of amides is 1. The van der Waals surface area contributed by atoms with Gasteiger partial charge in [-0.3, -0.25) is 4.79 Å². The molecule has 0 unspecified atom stereocenters. The Morgan fingerprint density at radius 1 is 1.07 bits per heavy atom. The maximum atomic E-state index is 12.6. The van der Waals surface area contributed by atoms with Crippen molar-refractivity contribution >= 4 is 22.6 Å². The van der Waals surface area contributed by atoms with Crippen LogP contribution < -0.4 is 10.1 Å². The summed E-state index contributed by atoms with van der Waals surface area (Å²) in [6.07, 6.45) is 0. The van der Waals surface area contributed by atoms with Gasteiger partial charge in [0, 0.05) is 5.56 Å². The molecule has 0 spiro atoms. The Morgan fingerprint density at radius 2 is 1.86 bits per heavy atom. The van der Waals surface area contributed by atoms with E-state index in [0.29, 0.717) is 23.5 Å². The molecular weight excluding hydrogens is 352 g/mol. The van der Waals surface area contributed by atoms with E-state index in [1.807, 2.05) is 78.3 Å². The highest BCUT2D eigenvalue weighted by Crippen LogP contribution is 2.25. The molecule has 0 bridgehead atoms. The lowest BCUT2D eigenvalue weighted by molar-refractivity contribution is 0.102. The lowest BCUT2D eigenvalue weighted by atomic mass is 10.1. The number of anilines is 1. The van der Waals surface area contributed by atoms with E-state index in [2.05, 4.69) is 15.6 Å². The van der Waals surface area contributed by atoms with Gasteiger partial charge >= 0.3 is 0 Å². The number of carbonyl (C=O) groups excluding carboxylic acids is 1. The van der Waals surface area contributed by atoms with Crippen LogP contribution in [0.3, 0.4) is 0 Å². The lowest BCUT2D eigenvalue weighted by Gasteiger charge is -2.11. The summed E-state index contributed by atoms with van der Waals surface area (Å²) in [7, 11) is 1.59. The van der Waals surface area contributed by atoms with Gasteiger partial charge in [-0.15, -0.1) is 5.10 Å². The van der Waals surface area contributed by atoms with E-state index >= 15 is 0 Å². The zero-order chi connectivity index (χ0) is 19.5. The summed E-state index contributed by atoms with van der Waals surface area (Å²) in [6, 6.07) is 21.0. The first-order valence-corrected chi connectivity index (χ1v) is 8.97. The van der Waals surface area contributed by atoms with Crippen molar-refractivity contribution in [2.45, 2.75) is 13.5 Å². The molecule has 6 heteroatoms. The van der Waals surface area contributed by atoms with Crippen molar-refractivity contribution in [1.29, 1.82) is 0 Å². The van der Waals surface area contributed by atoms with Gasteiger partial charge in [-0.1, -0.05) is 35.5 Å². The standard InChI is InChI=1S/C22H20N4O2/c1-15-7-12-21(28-2)19(13-15)23-22(27)17-10-8-16(9-11-17)14-26-20-6-4-3-5-18(20)24-25-26/h3-13H,14H2,1-2H3,(H,23,27). The van der Waals surface area contributed by atoms with Crippen LogP contribution in [0.4, 0.5) is 5.69 Å². The number of hydrogen-bond acceptors (Lipinski definition) is 4. The molecule has 0 aliphatic heterocycles. The van der Waals surface area contributed by atoms with Gasteiger partial charge in [0.15, 0.2) is 0 Å². The second-order valence-corrected chi connectivity index (χ2v) is 6.59. The second-order valence-electron chi connectivity index (χ2n) is 6.59. The van der Waals surface area contributed by atoms with Gasteiger partial charge < -0.3 is 10.1 Å². The zero-order valence-corrected chi connectivity index (χ0v) is 15.7. The van der Waals surface area contributed by atoms with Crippen LogP contribution in [0.25, 0.3) is 11.0 Å². The molecule has 1 amide bonds. The highest BCUT2D eigenvalue weighted by molar-refractivity contribution is 6.05. The third-order valence-electron chi connectivity index (χ3n) is 4.57. The number of fused-ring (bicyclic) bond motifs is 1. The first kappa shape index (κ1) is 17.7. The number of nitrogens with one attached hydrogen (secondary N) is 1. The van der Waals surface area contributed by atoms with E-state index in [1.165, 1.54) is 0 Å². The van der Waals surface area contributed by atoms with E-state index in [-0.39, 0.29) is 5.91 Å². The normalized spacial score (nSPS) is 10.8. The maximum Gasteiger partial charge on any atom is 0.255 e. The Kier molecular flexibility index (Phi) is 4.76. The number of ether oxygens (including phenoxy) is 1. The number of aromatic nitrogens is 3. The summed E-state index contributed by atoms with van der Waals surface area (Å²) in [5.74, 6) is 0.454. The Bertz CT molecular complexity index is 1130. The number of para-hydroxylation sites is 1. The van der Waals surface area contributed by atoms with Crippen LogP contribution in [0, 0.1) is 6.92 Å². The molecule has 0 saturated carbocycles. The SMILES string of the molecule is COc1ccc(C)cc1NC(=O)c1ccc(Cn2nnc3ccccc32)cc1. The molecule has 0 saturated heterocycles. The van der Waals surface area contributed by atoms with E-state index in [1.54, 1.807) is 7.11 Å². The fourth-order valence-corrected chi connectivity index (χ4v) is 3.08. The molecule has 0 aliphatic rings. The van der Waals surface area contributed by atoms with Crippen LogP contribution in [0.15, 0.2) is 66.7 Å². The third kappa shape index (κ3) is 3.57. The molecule has 28 heavy (non-hydrogen) atoms. The molecule has 0 aliphatic carbocycles. The van der Waals surface area contributed by atoms with Crippen molar-refractivity contribution in [3.05, 3.63) is 83.4 Å². The first-order chi connectivity index (χ1) is 13.6. The van der Waals surface area contributed by atoms with Crippen molar-refractivity contribution in [2.75, 3.05) is 12.4 Å². The Morgan fingerprint density at radius 3 is 2.64 bits per heavy atom. The fraction of sp³-hybridized carbons (Fsp3) is 0.136. The van der Waals surface area contributed by atoms with E-state index in [4.69, 9.17) is 4.74 Å². The topological polar surface area (TPSA) is 69.0 Å². The summed E-state index contributed by atoms with van der Waals surface area (Å²) < 4.78 is 7.17. The molecule has 0 radical (unpaired) electrons. The molecule has 0 fully saturated rings. The number of methoxy groups -OCH3 is 1. The quantitative estimate of drug-likeness (QED) is 0.574. The third-order valence-corrected chi connectivity index (χ3v) is 4.57. The minimum absolute atomic E-state index is 0.179. The number of hydrogen-bond donors (Lipinski definition) is 1. The van der Waals surface area contributed by atoms with Crippen molar-refractivity contribution in [1.82, 2.24) is 15.0 Å². The maximum absolute atomic E-state index is 12.6. The molecule has 1 heterocycles. The van der Waals surface area contributed by atoms with Crippen molar-refractivity contribution < 1.29 is 9.53 Å². The molecule has 3 aromatic carbocycles. The van der Waals surface area contributed by atoms with Crippen LogP contribution in [0.5, 0.6) is 5.75 Å². The van der Waals surface area contributed by atoms with Crippen LogP contribution in [0.2, 0.25) is 0 Å². The average molecular weight is 372 g/mol. The van der Waals surface area contributed by atoms with Crippen molar-refractivity contribution in [2.24, 2.45) is 0 Å². The molecule has 0 atom stereocenters. The van der Waals surface area contributed by atoms with Gasteiger partial charge in [0.25, 0.3) is 5.91 Å².